The van der Waals surface area contributed by atoms with Crippen LogP contribution in [0.1, 0.15) is 5.69 Å². The summed E-state index contributed by atoms with van der Waals surface area (Å²) < 4.78 is 18.0. The summed E-state index contributed by atoms with van der Waals surface area (Å²) in [7, 11) is 0. The molecular weight excluding hydrogens is 279 g/mol. The molecule has 0 spiro atoms. The minimum Gasteiger partial charge on any atom is -0.394 e. The van der Waals surface area contributed by atoms with Crippen molar-refractivity contribution in [2.45, 2.75) is 6.54 Å². The lowest BCUT2D eigenvalue weighted by atomic mass is 10.2. The lowest BCUT2D eigenvalue weighted by Gasteiger charge is -2.03. The Labute approximate surface area is 121 Å². The van der Waals surface area contributed by atoms with E-state index in [-0.39, 0.29) is 12.4 Å². The molecule has 0 fully saturated rings. The standard InChI is InChI=1S/C14H17FN2O2S/c15-12-3-1-11(2-4-12)14-17-13(10-20-14)9-16-5-7-19-8-6-18/h1-4,10,16,18H,5-9H2. The maximum atomic E-state index is 12.8. The van der Waals surface area contributed by atoms with E-state index in [0.29, 0.717) is 26.3 Å². The van der Waals surface area contributed by atoms with Crippen LogP contribution in [0, 0.1) is 5.82 Å². The van der Waals surface area contributed by atoms with Crippen molar-refractivity contribution in [3.8, 4) is 10.6 Å². The number of hydrogen-bond donors (Lipinski definition) is 2. The molecule has 0 saturated heterocycles. The Hall–Kier alpha value is -1.34. The second-order valence-electron chi connectivity index (χ2n) is 4.16. The summed E-state index contributed by atoms with van der Waals surface area (Å²) in [6.45, 7) is 2.36. The van der Waals surface area contributed by atoms with Gasteiger partial charge in [0.15, 0.2) is 0 Å². The van der Waals surface area contributed by atoms with Gasteiger partial charge in [-0.15, -0.1) is 11.3 Å². The normalized spacial score (nSPS) is 10.9. The number of thiazole rings is 1. The van der Waals surface area contributed by atoms with Gasteiger partial charge >= 0.3 is 0 Å². The van der Waals surface area contributed by atoms with E-state index in [1.165, 1.54) is 12.1 Å². The molecule has 1 aromatic carbocycles. The van der Waals surface area contributed by atoms with Crippen LogP contribution in [-0.4, -0.2) is 36.5 Å². The van der Waals surface area contributed by atoms with E-state index in [1.807, 2.05) is 5.38 Å². The van der Waals surface area contributed by atoms with Crippen molar-refractivity contribution < 1.29 is 14.2 Å². The van der Waals surface area contributed by atoms with E-state index in [4.69, 9.17) is 9.84 Å². The highest BCUT2D eigenvalue weighted by Crippen LogP contribution is 2.23. The minimum absolute atomic E-state index is 0.0487. The first-order valence-corrected chi connectivity index (χ1v) is 7.27. The molecular formula is C14H17FN2O2S. The summed E-state index contributed by atoms with van der Waals surface area (Å²) in [5.41, 5.74) is 1.88. The second kappa shape index (κ2) is 8.06. The molecule has 6 heteroatoms. The zero-order chi connectivity index (χ0) is 14.2. The van der Waals surface area contributed by atoms with Crippen LogP contribution < -0.4 is 5.32 Å². The molecule has 0 radical (unpaired) electrons. The van der Waals surface area contributed by atoms with Crippen LogP contribution in [0.2, 0.25) is 0 Å². The summed E-state index contributed by atoms with van der Waals surface area (Å²) in [4.78, 5) is 4.50. The average Bonchev–Trinajstić information content (AvgIpc) is 2.92. The van der Waals surface area contributed by atoms with Crippen molar-refractivity contribution in [1.82, 2.24) is 10.3 Å². The first kappa shape index (κ1) is 15.1. The molecule has 0 bridgehead atoms. The third-order valence-electron chi connectivity index (χ3n) is 2.61. The van der Waals surface area contributed by atoms with Gasteiger partial charge in [0.05, 0.1) is 25.5 Å². The maximum absolute atomic E-state index is 12.8. The molecule has 0 aliphatic rings. The summed E-state index contributed by atoms with van der Waals surface area (Å²) >= 11 is 1.54. The zero-order valence-corrected chi connectivity index (χ0v) is 11.8. The van der Waals surface area contributed by atoms with Crippen LogP contribution in [0.3, 0.4) is 0 Å². The summed E-state index contributed by atoms with van der Waals surface area (Å²) in [5.74, 6) is -0.241. The molecule has 2 rings (SSSR count). The van der Waals surface area contributed by atoms with Crippen molar-refractivity contribution >= 4 is 11.3 Å². The van der Waals surface area contributed by atoms with Gasteiger partial charge in [-0.05, 0) is 24.3 Å². The molecule has 2 aromatic rings. The van der Waals surface area contributed by atoms with Crippen molar-refractivity contribution in [3.63, 3.8) is 0 Å². The van der Waals surface area contributed by atoms with Gasteiger partial charge < -0.3 is 15.2 Å². The SMILES string of the molecule is OCCOCCNCc1csc(-c2ccc(F)cc2)n1. The van der Waals surface area contributed by atoms with Crippen molar-refractivity contribution in [2.24, 2.45) is 0 Å². The van der Waals surface area contributed by atoms with E-state index in [0.717, 1.165) is 16.3 Å². The smallest absolute Gasteiger partial charge is 0.123 e. The maximum Gasteiger partial charge on any atom is 0.123 e. The van der Waals surface area contributed by atoms with Gasteiger partial charge in [-0.2, -0.15) is 0 Å². The highest BCUT2D eigenvalue weighted by atomic mass is 32.1. The third kappa shape index (κ3) is 4.64. The van der Waals surface area contributed by atoms with Crippen LogP contribution >= 0.6 is 11.3 Å². The summed E-state index contributed by atoms with van der Waals surface area (Å²) in [6.07, 6.45) is 0. The first-order valence-electron chi connectivity index (χ1n) is 6.39. The summed E-state index contributed by atoms with van der Waals surface area (Å²) in [5, 5.41) is 14.6. The predicted octanol–water partition coefficient (Wildman–Crippen LogP) is 2.05. The lowest BCUT2D eigenvalue weighted by Crippen LogP contribution is -2.20. The Kier molecular flexibility index (Phi) is 6.07. The molecule has 2 N–H and O–H groups in total. The molecule has 1 heterocycles. The molecule has 0 saturated carbocycles. The highest BCUT2D eigenvalue weighted by molar-refractivity contribution is 7.13. The van der Waals surface area contributed by atoms with E-state index < -0.39 is 0 Å². The predicted molar refractivity (Wildman–Crippen MR) is 77.1 cm³/mol. The van der Waals surface area contributed by atoms with E-state index in [1.54, 1.807) is 23.5 Å². The van der Waals surface area contributed by atoms with Gasteiger partial charge in [0.1, 0.15) is 10.8 Å². The molecule has 0 aliphatic heterocycles. The van der Waals surface area contributed by atoms with Crippen molar-refractivity contribution in [1.29, 1.82) is 0 Å². The first-order chi connectivity index (χ1) is 9.79. The highest BCUT2D eigenvalue weighted by Gasteiger charge is 2.04. The van der Waals surface area contributed by atoms with Crippen LogP contribution in [0.5, 0.6) is 0 Å². The van der Waals surface area contributed by atoms with Crippen molar-refractivity contribution in [2.75, 3.05) is 26.4 Å². The quantitative estimate of drug-likeness (QED) is 0.732. The average molecular weight is 296 g/mol. The number of benzene rings is 1. The second-order valence-corrected chi connectivity index (χ2v) is 5.02. The Morgan fingerprint density at radius 1 is 1.25 bits per heavy atom. The fourth-order valence-corrected chi connectivity index (χ4v) is 2.47. The number of aromatic nitrogens is 1. The van der Waals surface area contributed by atoms with Crippen molar-refractivity contribution in [3.05, 3.63) is 41.2 Å². The number of aliphatic hydroxyl groups is 1. The molecule has 4 nitrogen and oxygen atoms in total. The van der Waals surface area contributed by atoms with Crippen LogP contribution in [0.15, 0.2) is 29.6 Å². The Bertz CT molecular complexity index is 516. The zero-order valence-electron chi connectivity index (χ0n) is 11.0. The Morgan fingerprint density at radius 2 is 2.05 bits per heavy atom. The topological polar surface area (TPSA) is 54.4 Å². The molecule has 20 heavy (non-hydrogen) atoms. The molecule has 0 amide bonds. The molecule has 108 valence electrons. The van der Waals surface area contributed by atoms with Crippen LogP contribution in [0.4, 0.5) is 4.39 Å². The van der Waals surface area contributed by atoms with Gasteiger partial charge in [-0.3, -0.25) is 0 Å². The Balaban J connectivity index is 1.79. The van der Waals surface area contributed by atoms with Gasteiger partial charge in [-0.1, -0.05) is 0 Å². The number of nitrogens with one attached hydrogen (secondary N) is 1. The largest absolute Gasteiger partial charge is 0.394 e. The molecule has 1 aromatic heterocycles. The van der Waals surface area contributed by atoms with Crippen LogP contribution in [0.25, 0.3) is 10.6 Å². The van der Waals surface area contributed by atoms with Gasteiger partial charge in [0, 0.05) is 24.0 Å². The summed E-state index contributed by atoms with van der Waals surface area (Å²) in [6, 6.07) is 6.34. The monoisotopic (exact) mass is 296 g/mol. The molecule has 0 unspecified atom stereocenters. The minimum atomic E-state index is -0.241. The number of rotatable bonds is 8. The van der Waals surface area contributed by atoms with E-state index in [2.05, 4.69) is 10.3 Å². The number of halogens is 1. The number of nitrogens with zero attached hydrogens (tertiary/aromatic N) is 1. The fraction of sp³-hybridized carbons (Fsp3) is 0.357. The molecule has 0 aliphatic carbocycles. The van der Waals surface area contributed by atoms with E-state index in [9.17, 15) is 4.39 Å². The van der Waals surface area contributed by atoms with E-state index >= 15 is 0 Å². The van der Waals surface area contributed by atoms with Crippen LogP contribution in [-0.2, 0) is 11.3 Å². The lowest BCUT2D eigenvalue weighted by molar-refractivity contribution is 0.0937. The third-order valence-corrected chi connectivity index (χ3v) is 3.55. The number of hydrogen-bond acceptors (Lipinski definition) is 5. The Morgan fingerprint density at radius 3 is 2.80 bits per heavy atom. The van der Waals surface area contributed by atoms with Gasteiger partial charge in [0.25, 0.3) is 0 Å². The fourth-order valence-electron chi connectivity index (χ4n) is 1.64. The number of aliphatic hydroxyl groups excluding tert-OH is 1. The van der Waals surface area contributed by atoms with Gasteiger partial charge in [0.2, 0.25) is 0 Å². The van der Waals surface area contributed by atoms with Gasteiger partial charge in [-0.25, -0.2) is 9.37 Å². The molecule has 0 atom stereocenters. The number of ether oxygens (including phenoxy) is 1.